The van der Waals surface area contributed by atoms with Gasteiger partial charge in [0.2, 0.25) is 0 Å². The molecule has 3 heteroatoms. The summed E-state index contributed by atoms with van der Waals surface area (Å²) >= 11 is 1.91. The zero-order valence-corrected chi connectivity index (χ0v) is 9.94. The molecule has 80 valence electrons. The van der Waals surface area contributed by atoms with Crippen LogP contribution in [0.2, 0.25) is 0 Å². The van der Waals surface area contributed by atoms with Gasteiger partial charge in [0.1, 0.15) is 0 Å². The number of hydrogen-bond donors (Lipinski definition) is 1. The number of nitrogens with one attached hydrogen (secondary N) is 1. The Balaban J connectivity index is 2.12. The lowest BCUT2D eigenvalue weighted by molar-refractivity contribution is 0.675. The third kappa shape index (κ3) is 4.20. The summed E-state index contributed by atoms with van der Waals surface area (Å²) in [4.78, 5) is 0. The van der Waals surface area contributed by atoms with E-state index >= 15 is 0 Å². The second-order valence-corrected chi connectivity index (χ2v) is 4.36. The van der Waals surface area contributed by atoms with Crippen molar-refractivity contribution in [2.45, 2.75) is 26.4 Å². The van der Waals surface area contributed by atoms with Crippen LogP contribution in [0.1, 0.15) is 18.9 Å². The Bertz CT molecular complexity index is 245. The first-order valence-electron chi connectivity index (χ1n) is 5.21. The van der Waals surface area contributed by atoms with Crippen molar-refractivity contribution in [1.82, 2.24) is 9.88 Å². The molecular weight excluding hydrogens is 192 g/mol. The molecule has 0 aliphatic rings. The first-order valence-corrected chi connectivity index (χ1v) is 6.60. The third-order valence-electron chi connectivity index (χ3n) is 2.21. The van der Waals surface area contributed by atoms with Gasteiger partial charge in [-0.2, -0.15) is 11.8 Å². The highest BCUT2D eigenvalue weighted by Gasteiger charge is 1.94. The van der Waals surface area contributed by atoms with E-state index in [2.05, 4.69) is 41.5 Å². The van der Waals surface area contributed by atoms with E-state index in [0.29, 0.717) is 0 Å². The summed E-state index contributed by atoms with van der Waals surface area (Å²) in [5, 5.41) is 3.45. The fourth-order valence-electron chi connectivity index (χ4n) is 1.37. The molecule has 0 bridgehead atoms. The lowest BCUT2D eigenvalue weighted by atomic mass is 10.3. The van der Waals surface area contributed by atoms with Gasteiger partial charge in [-0.1, -0.05) is 0 Å². The Labute approximate surface area is 91.1 Å². The van der Waals surface area contributed by atoms with Crippen LogP contribution < -0.4 is 5.32 Å². The number of aryl methyl sites for hydroxylation is 1. The van der Waals surface area contributed by atoms with Crippen molar-refractivity contribution < 1.29 is 0 Å². The Morgan fingerprint density at radius 3 is 3.00 bits per heavy atom. The van der Waals surface area contributed by atoms with Crippen LogP contribution in [0.25, 0.3) is 0 Å². The standard InChI is InChI=1S/C11H20N2S/c1-3-13-7-5-11(10-13)9-12-6-4-8-14-2/h5,7,10,12H,3-4,6,8-9H2,1-2H3. The molecule has 1 N–H and O–H groups in total. The number of rotatable bonds is 7. The van der Waals surface area contributed by atoms with Gasteiger partial charge >= 0.3 is 0 Å². The lowest BCUT2D eigenvalue weighted by Gasteiger charge is -2.01. The van der Waals surface area contributed by atoms with Crippen LogP contribution in [-0.4, -0.2) is 23.1 Å². The van der Waals surface area contributed by atoms with Gasteiger partial charge in [-0.15, -0.1) is 0 Å². The number of thioether (sulfide) groups is 1. The molecule has 1 rings (SSSR count). The van der Waals surface area contributed by atoms with Crippen molar-refractivity contribution >= 4 is 11.8 Å². The zero-order valence-electron chi connectivity index (χ0n) is 9.12. The maximum Gasteiger partial charge on any atom is 0.0220 e. The predicted octanol–water partition coefficient (Wildman–Crippen LogP) is 2.35. The SMILES string of the molecule is CCn1ccc(CNCCCSC)c1. The number of nitrogens with zero attached hydrogens (tertiary/aromatic N) is 1. The molecule has 0 aliphatic carbocycles. The van der Waals surface area contributed by atoms with Gasteiger partial charge in [0.05, 0.1) is 0 Å². The van der Waals surface area contributed by atoms with Gasteiger partial charge in [-0.25, -0.2) is 0 Å². The van der Waals surface area contributed by atoms with Crippen LogP contribution in [0.15, 0.2) is 18.5 Å². The highest BCUT2D eigenvalue weighted by molar-refractivity contribution is 7.98. The minimum atomic E-state index is 1.00. The smallest absolute Gasteiger partial charge is 0.0220 e. The average Bonchev–Trinajstić information content (AvgIpc) is 2.65. The van der Waals surface area contributed by atoms with E-state index in [1.54, 1.807) is 0 Å². The van der Waals surface area contributed by atoms with Crippen LogP contribution >= 0.6 is 11.8 Å². The highest BCUT2D eigenvalue weighted by Crippen LogP contribution is 2.00. The average molecular weight is 212 g/mol. The van der Waals surface area contributed by atoms with Gasteiger partial charge in [-0.05, 0) is 43.5 Å². The summed E-state index contributed by atoms with van der Waals surface area (Å²) in [6, 6.07) is 2.19. The molecule has 2 nitrogen and oxygen atoms in total. The molecule has 0 amide bonds. The van der Waals surface area contributed by atoms with Gasteiger partial charge in [0.15, 0.2) is 0 Å². The van der Waals surface area contributed by atoms with Crippen LogP contribution in [0.5, 0.6) is 0 Å². The summed E-state index contributed by atoms with van der Waals surface area (Å²) in [7, 11) is 0. The maximum absolute atomic E-state index is 3.45. The van der Waals surface area contributed by atoms with Crippen molar-refractivity contribution in [2.24, 2.45) is 0 Å². The summed E-state index contributed by atoms with van der Waals surface area (Å²) in [5.74, 6) is 1.25. The molecule has 0 aliphatic heterocycles. The topological polar surface area (TPSA) is 17.0 Å². The molecule has 0 fully saturated rings. The first kappa shape index (κ1) is 11.7. The van der Waals surface area contributed by atoms with Gasteiger partial charge in [0.25, 0.3) is 0 Å². The Morgan fingerprint density at radius 2 is 2.36 bits per heavy atom. The molecule has 0 radical (unpaired) electrons. The number of hydrogen-bond acceptors (Lipinski definition) is 2. The monoisotopic (exact) mass is 212 g/mol. The van der Waals surface area contributed by atoms with Gasteiger partial charge in [0, 0.05) is 25.5 Å². The molecule has 0 atom stereocenters. The molecule has 0 unspecified atom stereocenters. The van der Waals surface area contributed by atoms with E-state index in [9.17, 15) is 0 Å². The van der Waals surface area contributed by atoms with Crippen LogP contribution in [0, 0.1) is 0 Å². The van der Waals surface area contributed by atoms with Gasteiger partial charge < -0.3 is 9.88 Å². The quantitative estimate of drug-likeness (QED) is 0.699. The molecule has 0 saturated heterocycles. The Kier molecular flexibility index (Phi) is 5.80. The second-order valence-electron chi connectivity index (χ2n) is 3.37. The largest absolute Gasteiger partial charge is 0.354 e. The van der Waals surface area contributed by atoms with E-state index in [1.165, 1.54) is 17.7 Å². The molecule has 0 aromatic carbocycles. The highest BCUT2D eigenvalue weighted by atomic mass is 32.2. The first-order chi connectivity index (χ1) is 6.86. The van der Waals surface area contributed by atoms with E-state index < -0.39 is 0 Å². The molecule has 1 heterocycles. The normalized spacial score (nSPS) is 10.7. The van der Waals surface area contributed by atoms with E-state index in [1.807, 2.05) is 11.8 Å². The van der Waals surface area contributed by atoms with E-state index in [-0.39, 0.29) is 0 Å². The van der Waals surface area contributed by atoms with Crippen LogP contribution in [0.3, 0.4) is 0 Å². The van der Waals surface area contributed by atoms with Crippen molar-refractivity contribution in [1.29, 1.82) is 0 Å². The predicted molar refractivity (Wildman–Crippen MR) is 64.8 cm³/mol. The van der Waals surface area contributed by atoms with Crippen molar-refractivity contribution in [2.75, 3.05) is 18.6 Å². The molecule has 14 heavy (non-hydrogen) atoms. The summed E-state index contributed by atoms with van der Waals surface area (Å²) in [6.07, 6.45) is 7.76. The second kappa shape index (κ2) is 6.96. The fourth-order valence-corrected chi connectivity index (χ4v) is 1.80. The van der Waals surface area contributed by atoms with Crippen LogP contribution in [-0.2, 0) is 13.1 Å². The lowest BCUT2D eigenvalue weighted by Crippen LogP contribution is -2.14. The van der Waals surface area contributed by atoms with Crippen molar-refractivity contribution in [3.63, 3.8) is 0 Å². The Hall–Kier alpha value is -0.410. The summed E-state index contributed by atoms with van der Waals surface area (Å²) in [5.41, 5.74) is 1.39. The summed E-state index contributed by atoms with van der Waals surface area (Å²) in [6.45, 7) is 5.35. The summed E-state index contributed by atoms with van der Waals surface area (Å²) < 4.78 is 2.21. The third-order valence-corrected chi connectivity index (χ3v) is 2.90. The van der Waals surface area contributed by atoms with Gasteiger partial charge in [-0.3, -0.25) is 0 Å². The zero-order chi connectivity index (χ0) is 10.2. The minimum Gasteiger partial charge on any atom is -0.354 e. The minimum absolute atomic E-state index is 1.00. The van der Waals surface area contributed by atoms with Crippen molar-refractivity contribution in [3.8, 4) is 0 Å². The fraction of sp³-hybridized carbons (Fsp3) is 0.636. The van der Waals surface area contributed by atoms with Crippen LogP contribution in [0.4, 0.5) is 0 Å². The molecular formula is C11H20N2S. The van der Waals surface area contributed by atoms with Crippen molar-refractivity contribution in [3.05, 3.63) is 24.0 Å². The Morgan fingerprint density at radius 1 is 1.50 bits per heavy atom. The van der Waals surface area contributed by atoms with E-state index in [0.717, 1.165) is 19.6 Å². The maximum atomic E-state index is 3.45. The van der Waals surface area contributed by atoms with E-state index in [4.69, 9.17) is 0 Å². The molecule has 1 aromatic heterocycles. The number of aromatic nitrogens is 1. The molecule has 1 aromatic rings. The molecule has 0 spiro atoms. The molecule has 0 saturated carbocycles.